The van der Waals surface area contributed by atoms with Crippen molar-refractivity contribution in [3.8, 4) is 5.69 Å². The number of piperazine rings is 1. The van der Waals surface area contributed by atoms with Gasteiger partial charge in [0.2, 0.25) is 5.95 Å². The van der Waals surface area contributed by atoms with Gasteiger partial charge in [-0.1, -0.05) is 37.8 Å². The average molecular weight is 534 g/mol. The third-order valence-corrected chi connectivity index (χ3v) is 6.26. The fourth-order valence-corrected chi connectivity index (χ4v) is 4.38. The van der Waals surface area contributed by atoms with E-state index in [0.717, 1.165) is 9.13 Å². The molecule has 1 atom stereocenters. The van der Waals surface area contributed by atoms with Gasteiger partial charge < -0.3 is 15.0 Å². The molecule has 4 rings (SSSR count). The van der Waals surface area contributed by atoms with Crippen LogP contribution in [0.2, 0.25) is 0 Å². The molecule has 2 aromatic heterocycles. The van der Waals surface area contributed by atoms with E-state index in [1.165, 1.54) is 14.0 Å². The zero-order valence-corrected chi connectivity index (χ0v) is 20.6. The second-order valence-corrected chi connectivity index (χ2v) is 8.57. The van der Waals surface area contributed by atoms with Crippen molar-refractivity contribution in [2.75, 3.05) is 31.1 Å². The van der Waals surface area contributed by atoms with Gasteiger partial charge in [0.05, 0.1) is 5.69 Å². The van der Waals surface area contributed by atoms with E-state index in [9.17, 15) is 32.3 Å². The smallest absolute Gasteiger partial charge is 0.385 e. The minimum absolute atomic E-state index is 0.0802. The molecule has 38 heavy (non-hydrogen) atoms. The number of carbonyl (C=O) groups excluding carboxylic acids is 2. The Balaban J connectivity index is 2.05. The molecule has 0 saturated carbocycles. The van der Waals surface area contributed by atoms with E-state index < -0.39 is 35.4 Å². The molecule has 1 aliphatic heterocycles. The molecule has 11 nitrogen and oxygen atoms in total. The summed E-state index contributed by atoms with van der Waals surface area (Å²) in [6.07, 6.45) is -4.06. The van der Waals surface area contributed by atoms with Gasteiger partial charge in [-0.05, 0) is 18.1 Å². The molecule has 1 N–H and O–H groups in total. The van der Waals surface area contributed by atoms with Gasteiger partial charge in [0.25, 0.3) is 5.56 Å². The van der Waals surface area contributed by atoms with Crippen LogP contribution in [0, 0.1) is 0 Å². The first-order valence-corrected chi connectivity index (χ1v) is 11.8. The molecular formula is C24H25F3N6O5. The highest BCUT2D eigenvalue weighted by Gasteiger charge is 2.44. The summed E-state index contributed by atoms with van der Waals surface area (Å²) < 4.78 is 45.5. The number of nitrogens with one attached hydrogen (secondary N) is 1. The van der Waals surface area contributed by atoms with Crippen molar-refractivity contribution in [2.24, 2.45) is 7.05 Å². The van der Waals surface area contributed by atoms with Crippen LogP contribution >= 0.6 is 0 Å². The minimum atomic E-state index is -5.41. The molecule has 202 valence electrons. The van der Waals surface area contributed by atoms with Crippen LogP contribution in [0.25, 0.3) is 22.9 Å². The standard InChI is InChI=1S/C24H25F3N6O5/c1-4-14-8-6-7-9-16(14)32-17-18(29-22(32)31-12-10-28-11-13-31)33(23(37)30(3)19(17)34)15(5-2)20(35)38-21(36)24(25,26)27/h4,6-9,15,28H,1,5,10-13H2,2-3H3. The number of alkyl halides is 3. The molecule has 1 unspecified atom stereocenters. The molecule has 0 radical (unpaired) electrons. The number of halogens is 3. The first-order chi connectivity index (χ1) is 18.0. The summed E-state index contributed by atoms with van der Waals surface area (Å²) >= 11 is 0. The number of fused-ring (bicyclic) bond motifs is 1. The van der Waals surface area contributed by atoms with Crippen LogP contribution in [-0.2, 0) is 21.4 Å². The zero-order chi connectivity index (χ0) is 27.8. The summed E-state index contributed by atoms with van der Waals surface area (Å²) in [6.45, 7) is 7.48. The average Bonchev–Trinajstić information content (AvgIpc) is 3.29. The predicted octanol–water partition coefficient (Wildman–Crippen LogP) is 1.52. The quantitative estimate of drug-likeness (QED) is 0.374. The van der Waals surface area contributed by atoms with Crippen molar-refractivity contribution in [1.82, 2.24) is 24.0 Å². The molecule has 1 aromatic carbocycles. The number of aromatic nitrogens is 4. The first-order valence-electron chi connectivity index (χ1n) is 11.8. The molecule has 0 spiro atoms. The molecule has 1 fully saturated rings. The lowest BCUT2D eigenvalue weighted by atomic mass is 10.1. The number of esters is 2. The minimum Gasteiger partial charge on any atom is -0.385 e. The zero-order valence-electron chi connectivity index (χ0n) is 20.6. The van der Waals surface area contributed by atoms with Crippen molar-refractivity contribution >= 4 is 35.1 Å². The summed E-state index contributed by atoms with van der Waals surface area (Å²) in [5, 5.41) is 3.21. The summed E-state index contributed by atoms with van der Waals surface area (Å²) in [6, 6.07) is 5.35. The van der Waals surface area contributed by atoms with Crippen molar-refractivity contribution in [2.45, 2.75) is 25.6 Å². The molecule has 0 amide bonds. The lowest BCUT2D eigenvalue weighted by Gasteiger charge is -2.29. The number of benzene rings is 1. The van der Waals surface area contributed by atoms with E-state index in [0.29, 0.717) is 43.4 Å². The monoisotopic (exact) mass is 534 g/mol. The number of nitrogens with zero attached hydrogens (tertiary/aromatic N) is 5. The maximum atomic E-state index is 13.5. The Hall–Kier alpha value is -4.20. The van der Waals surface area contributed by atoms with Gasteiger partial charge >= 0.3 is 23.8 Å². The number of carbonyl (C=O) groups is 2. The van der Waals surface area contributed by atoms with Gasteiger partial charge in [0.15, 0.2) is 11.2 Å². The summed E-state index contributed by atoms with van der Waals surface area (Å²) in [7, 11) is 1.18. The molecule has 14 heteroatoms. The molecular weight excluding hydrogens is 509 g/mol. The predicted molar refractivity (Wildman–Crippen MR) is 132 cm³/mol. The normalized spacial score (nSPS) is 14.9. The van der Waals surface area contributed by atoms with Crippen molar-refractivity contribution < 1.29 is 27.5 Å². The first kappa shape index (κ1) is 26.9. The van der Waals surface area contributed by atoms with Crippen molar-refractivity contribution in [3.05, 3.63) is 57.2 Å². The largest absolute Gasteiger partial charge is 0.491 e. The van der Waals surface area contributed by atoms with E-state index in [1.54, 1.807) is 34.9 Å². The Kier molecular flexibility index (Phi) is 7.26. The van der Waals surface area contributed by atoms with Gasteiger partial charge in [0, 0.05) is 33.2 Å². The van der Waals surface area contributed by atoms with Crippen LogP contribution in [0.5, 0.6) is 0 Å². The van der Waals surface area contributed by atoms with Crippen LogP contribution in [-0.4, -0.2) is 63.0 Å². The molecule has 3 heterocycles. The number of para-hydroxylation sites is 1. The Morgan fingerprint density at radius 1 is 1.21 bits per heavy atom. The Morgan fingerprint density at radius 3 is 2.47 bits per heavy atom. The third-order valence-electron chi connectivity index (χ3n) is 6.26. The number of rotatable bonds is 6. The van der Waals surface area contributed by atoms with Crippen LogP contribution in [0.1, 0.15) is 24.9 Å². The van der Waals surface area contributed by atoms with Crippen LogP contribution in [0.4, 0.5) is 19.1 Å². The lowest BCUT2D eigenvalue weighted by molar-refractivity contribution is -0.202. The van der Waals surface area contributed by atoms with E-state index in [1.807, 2.05) is 4.90 Å². The van der Waals surface area contributed by atoms with E-state index in [4.69, 9.17) is 0 Å². The highest BCUT2D eigenvalue weighted by molar-refractivity contribution is 5.91. The Bertz CT molecular complexity index is 1530. The fourth-order valence-electron chi connectivity index (χ4n) is 4.38. The van der Waals surface area contributed by atoms with E-state index in [-0.39, 0.29) is 17.6 Å². The maximum absolute atomic E-state index is 13.5. The number of hydrogen-bond acceptors (Lipinski definition) is 8. The number of anilines is 1. The molecule has 1 saturated heterocycles. The molecule has 3 aromatic rings. The number of hydrogen-bond donors (Lipinski definition) is 1. The van der Waals surface area contributed by atoms with Crippen molar-refractivity contribution in [3.63, 3.8) is 0 Å². The fraction of sp³-hybridized carbons (Fsp3) is 0.375. The van der Waals surface area contributed by atoms with Gasteiger partial charge in [-0.15, -0.1) is 0 Å². The van der Waals surface area contributed by atoms with E-state index in [2.05, 4.69) is 21.6 Å². The summed E-state index contributed by atoms with van der Waals surface area (Å²) in [4.78, 5) is 57.3. The lowest BCUT2D eigenvalue weighted by Crippen LogP contribution is -2.44. The second kappa shape index (κ2) is 10.3. The maximum Gasteiger partial charge on any atom is 0.491 e. The van der Waals surface area contributed by atoms with Crippen LogP contribution in [0.15, 0.2) is 40.4 Å². The Morgan fingerprint density at radius 2 is 1.87 bits per heavy atom. The van der Waals surface area contributed by atoms with Gasteiger partial charge in [-0.3, -0.25) is 18.5 Å². The molecule has 0 aliphatic carbocycles. The van der Waals surface area contributed by atoms with Crippen LogP contribution in [0.3, 0.4) is 0 Å². The van der Waals surface area contributed by atoms with Crippen LogP contribution < -0.4 is 21.5 Å². The van der Waals surface area contributed by atoms with E-state index >= 15 is 0 Å². The summed E-state index contributed by atoms with van der Waals surface area (Å²) in [5.74, 6) is -4.01. The molecule has 0 bridgehead atoms. The van der Waals surface area contributed by atoms with Gasteiger partial charge in [-0.2, -0.15) is 18.2 Å². The van der Waals surface area contributed by atoms with Gasteiger partial charge in [-0.25, -0.2) is 14.4 Å². The van der Waals surface area contributed by atoms with Gasteiger partial charge in [0.1, 0.15) is 6.04 Å². The topological polar surface area (TPSA) is 120 Å². The highest BCUT2D eigenvalue weighted by Crippen LogP contribution is 2.29. The molecule has 1 aliphatic rings. The van der Waals surface area contributed by atoms with Crippen molar-refractivity contribution in [1.29, 1.82) is 0 Å². The number of imidazole rings is 1. The number of ether oxygens (including phenoxy) is 1. The summed E-state index contributed by atoms with van der Waals surface area (Å²) in [5.41, 5.74) is -0.881. The Labute approximate surface area is 213 Å². The third kappa shape index (κ3) is 4.62. The highest BCUT2D eigenvalue weighted by atomic mass is 19.4. The second-order valence-electron chi connectivity index (χ2n) is 8.57. The SMILES string of the molecule is C=Cc1ccccc1-n1c(N2CCNCC2)nc2c1c(=O)n(C)c(=O)n2C(CC)C(=O)OC(=O)C(F)(F)F.